The van der Waals surface area contributed by atoms with Gasteiger partial charge in [-0.1, -0.05) is 13.3 Å². The number of carbonyl (C=O) groups excluding carboxylic acids is 1. The standard InChI is InChI=1S/C13H19N5O3S2/c1-2-3-4-11(19)17-13(22)16-9-5-7-10(8-6-9)23(20,21)18-12(14)15/h5-8H,2-4H2,1H3,(H4,14,15,18)(H2,16,17,19,22). The van der Waals surface area contributed by atoms with Crippen LogP contribution in [0.5, 0.6) is 0 Å². The van der Waals surface area contributed by atoms with Crippen molar-refractivity contribution in [1.82, 2.24) is 5.32 Å². The van der Waals surface area contributed by atoms with E-state index in [1.54, 1.807) is 0 Å². The molecule has 0 unspecified atom stereocenters. The fourth-order valence-electron chi connectivity index (χ4n) is 1.59. The molecule has 1 aromatic rings. The predicted octanol–water partition coefficient (Wildman–Crippen LogP) is 0.652. The molecule has 1 rings (SSSR count). The van der Waals surface area contributed by atoms with Gasteiger partial charge in [-0.3, -0.25) is 4.79 Å². The maximum absolute atomic E-state index is 11.8. The summed E-state index contributed by atoms with van der Waals surface area (Å²) in [6.45, 7) is 1.99. The van der Waals surface area contributed by atoms with Crippen molar-refractivity contribution < 1.29 is 13.2 Å². The average Bonchev–Trinajstić information content (AvgIpc) is 2.44. The van der Waals surface area contributed by atoms with Crippen LogP contribution in [-0.2, 0) is 14.8 Å². The van der Waals surface area contributed by atoms with E-state index < -0.39 is 16.0 Å². The quantitative estimate of drug-likeness (QED) is 0.333. The van der Waals surface area contributed by atoms with E-state index in [9.17, 15) is 13.2 Å². The van der Waals surface area contributed by atoms with Gasteiger partial charge in [-0.2, -0.15) is 8.42 Å². The van der Waals surface area contributed by atoms with Gasteiger partial charge in [0.15, 0.2) is 5.11 Å². The van der Waals surface area contributed by atoms with Gasteiger partial charge in [0.05, 0.1) is 4.90 Å². The summed E-state index contributed by atoms with van der Waals surface area (Å²) in [5, 5.41) is 5.47. The molecule has 0 aromatic heterocycles. The topological polar surface area (TPSA) is 140 Å². The minimum Gasteiger partial charge on any atom is -0.369 e. The number of rotatable bonds is 6. The number of thiocarbonyl (C=S) groups is 1. The summed E-state index contributed by atoms with van der Waals surface area (Å²) in [5.41, 5.74) is 10.7. The number of hydrogen-bond acceptors (Lipinski definition) is 4. The van der Waals surface area contributed by atoms with Crippen molar-refractivity contribution in [3.8, 4) is 0 Å². The lowest BCUT2D eigenvalue weighted by Gasteiger charge is -2.09. The molecule has 0 bridgehead atoms. The van der Waals surface area contributed by atoms with Gasteiger partial charge in [0, 0.05) is 12.1 Å². The number of anilines is 1. The van der Waals surface area contributed by atoms with Crippen LogP contribution in [0, 0.1) is 0 Å². The number of nitrogens with two attached hydrogens (primary N) is 2. The summed E-state index contributed by atoms with van der Waals surface area (Å²) in [6.07, 6.45) is 2.10. The molecule has 0 atom stereocenters. The van der Waals surface area contributed by atoms with Crippen LogP contribution in [0.3, 0.4) is 0 Å². The SMILES string of the molecule is CCCCC(=O)NC(=S)Nc1ccc(S(=O)(=O)N=C(N)N)cc1. The lowest BCUT2D eigenvalue weighted by atomic mass is 10.2. The van der Waals surface area contributed by atoms with Crippen LogP contribution in [0.4, 0.5) is 5.69 Å². The molecule has 0 aliphatic rings. The number of sulfonamides is 1. The molecule has 0 fully saturated rings. The second-order valence-corrected chi connectivity index (χ2v) is 6.63. The lowest BCUT2D eigenvalue weighted by Crippen LogP contribution is -2.33. The van der Waals surface area contributed by atoms with Crippen LogP contribution >= 0.6 is 12.2 Å². The smallest absolute Gasteiger partial charge is 0.285 e. The fourth-order valence-corrected chi connectivity index (χ4v) is 2.69. The van der Waals surface area contributed by atoms with Gasteiger partial charge in [0.1, 0.15) is 0 Å². The summed E-state index contributed by atoms with van der Waals surface area (Å²) in [5.74, 6) is -0.709. The maximum Gasteiger partial charge on any atom is 0.285 e. The number of nitrogens with zero attached hydrogens (tertiary/aromatic N) is 1. The highest BCUT2D eigenvalue weighted by Crippen LogP contribution is 2.16. The van der Waals surface area contributed by atoms with Crippen LogP contribution in [-0.4, -0.2) is 25.4 Å². The Morgan fingerprint density at radius 3 is 2.39 bits per heavy atom. The number of unbranched alkanes of at least 4 members (excludes halogenated alkanes) is 1. The van der Waals surface area contributed by atoms with E-state index in [1.165, 1.54) is 24.3 Å². The lowest BCUT2D eigenvalue weighted by molar-refractivity contribution is -0.119. The van der Waals surface area contributed by atoms with E-state index in [-0.39, 0.29) is 15.9 Å². The summed E-state index contributed by atoms with van der Waals surface area (Å²) < 4.78 is 26.7. The molecule has 10 heteroatoms. The van der Waals surface area contributed by atoms with Gasteiger partial charge < -0.3 is 22.1 Å². The molecule has 0 saturated heterocycles. The zero-order chi connectivity index (χ0) is 17.5. The third-order valence-corrected chi connectivity index (χ3v) is 4.17. The Hall–Kier alpha value is -2.20. The number of hydrogen-bond donors (Lipinski definition) is 4. The number of nitrogens with one attached hydrogen (secondary N) is 2. The Bertz CT molecular complexity index is 695. The summed E-state index contributed by atoms with van der Waals surface area (Å²) >= 11 is 5.01. The van der Waals surface area contributed by atoms with Crippen molar-refractivity contribution in [3.05, 3.63) is 24.3 Å². The van der Waals surface area contributed by atoms with Crippen LogP contribution in [0.25, 0.3) is 0 Å². The first kappa shape index (κ1) is 18.8. The molecule has 23 heavy (non-hydrogen) atoms. The highest BCUT2D eigenvalue weighted by Gasteiger charge is 2.13. The number of benzene rings is 1. The number of carbonyl (C=O) groups is 1. The monoisotopic (exact) mass is 357 g/mol. The van der Waals surface area contributed by atoms with Crippen LogP contribution in [0.2, 0.25) is 0 Å². The van der Waals surface area contributed by atoms with E-state index in [0.29, 0.717) is 12.1 Å². The highest BCUT2D eigenvalue weighted by atomic mass is 32.2. The van der Waals surface area contributed by atoms with E-state index in [2.05, 4.69) is 15.0 Å². The Labute approximate surface area is 140 Å². The Morgan fingerprint density at radius 2 is 1.87 bits per heavy atom. The highest BCUT2D eigenvalue weighted by molar-refractivity contribution is 7.90. The van der Waals surface area contributed by atoms with Gasteiger partial charge >= 0.3 is 0 Å². The van der Waals surface area contributed by atoms with E-state index in [0.717, 1.165) is 12.8 Å². The first-order valence-electron chi connectivity index (χ1n) is 6.81. The van der Waals surface area contributed by atoms with Crippen LogP contribution in [0.15, 0.2) is 33.6 Å². The van der Waals surface area contributed by atoms with Gasteiger partial charge in [-0.05, 0) is 42.9 Å². The molecule has 8 nitrogen and oxygen atoms in total. The largest absolute Gasteiger partial charge is 0.369 e. The van der Waals surface area contributed by atoms with Gasteiger partial charge in [0.2, 0.25) is 11.9 Å². The fraction of sp³-hybridized carbons (Fsp3) is 0.308. The molecule has 0 aliphatic heterocycles. The molecule has 0 spiro atoms. The number of amides is 1. The second-order valence-electron chi connectivity index (χ2n) is 4.62. The molecular formula is C13H19N5O3S2. The minimum atomic E-state index is -3.93. The first-order chi connectivity index (χ1) is 10.7. The average molecular weight is 357 g/mol. The Morgan fingerprint density at radius 1 is 1.26 bits per heavy atom. The third-order valence-electron chi connectivity index (χ3n) is 2.65. The predicted molar refractivity (Wildman–Crippen MR) is 93.3 cm³/mol. The second kappa shape index (κ2) is 8.44. The van der Waals surface area contributed by atoms with Crippen molar-refractivity contribution >= 4 is 44.9 Å². The van der Waals surface area contributed by atoms with Crippen molar-refractivity contribution in [3.63, 3.8) is 0 Å². The van der Waals surface area contributed by atoms with Crippen molar-refractivity contribution in [1.29, 1.82) is 0 Å². The summed E-state index contributed by atoms with van der Waals surface area (Å²) in [7, 11) is -3.93. The summed E-state index contributed by atoms with van der Waals surface area (Å²) in [6, 6.07) is 5.62. The Balaban J connectivity index is 2.69. The van der Waals surface area contributed by atoms with E-state index >= 15 is 0 Å². The van der Waals surface area contributed by atoms with Crippen molar-refractivity contribution in [2.75, 3.05) is 5.32 Å². The molecule has 0 heterocycles. The van der Waals surface area contributed by atoms with Crippen molar-refractivity contribution in [2.24, 2.45) is 15.9 Å². The van der Waals surface area contributed by atoms with Gasteiger partial charge in [-0.15, -0.1) is 4.40 Å². The van der Waals surface area contributed by atoms with Gasteiger partial charge in [-0.25, -0.2) is 0 Å². The van der Waals surface area contributed by atoms with Crippen LogP contribution in [0.1, 0.15) is 26.2 Å². The van der Waals surface area contributed by atoms with E-state index in [4.69, 9.17) is 23.7 Å². The molecule has 0 radical (unpaired) electrons. The molecule has 1 aromatic carbocycles. The zero-order valence-electron chi connectivity index (χ0n) is 12.6. The molecule has 0 saturated carbocycles. The van der Waals surface area contributed by atoms with Crippen LogP contribution < -0.4 is 22.1 Å². The molecule has 1 amide bonds. The number of guanidine groups is 1. The minimum absolute atomic E-state index is 0.0608. The third kappa shape index (κ3) is 6.61. The Kier molecular flexibility index (Phi) is 6.91. The first-order valence-corrected chi connectivity index (χ1v) is 8.66. The van der Waals surface area contributed by atoms with Gasteiger partial charge in [0.25, 0.3) is 10.0 Å². The molecule has 6 N–H and O–H groups in total. The maximum atomic E-state index is 11.8. The molecule has 126 valence electrons. The normalized spacial score (nSPS) is 10.7. The zero-order valence-corrected chi connectivity index (χ0v) is 14.2. The molecular weight excluding hydrogens is 338 g/mol. The summed E-state index contributed by atoms with van der Waals surface area (Å²) in [4.78, 5) is 11.5. The van der Waals surface area contributed by atoms with Crippen molar-refractivity contribution in [2.45, 2.75) is 31.1 Å². The molecule has 0 aliphatic carbocycles. The van der Waals surface area contributed by atoms with E-state index in [1.807, 2.05) is 6.92 Å².